The average molecular weight is 253 g/mol. The van der Waals surface area contributed by atoms with E-state index >= 15 is 0 Å². The van der Waals surface area contributed by atoms with E-state index in [9.17, 15) is 4.79 Å². The summed E-state index contributed by atoms with van der Waals surface area (Å²) in [5.74, 6) is 1.01. The lowest BCUT2D eigenvalue weighted by Gasteiger charge is -2.32. The molecule has 2 rings (SSSR count). The van der Waals surface area contributed by atoms with E-state index in [1.165, 1.54) is 32.4 Å². The number of carbonyl (C=O) groups excluding carboxylic acids is 1. The molecule has 2 fully saturated rings. The van der Waals surface area contributed by atoms with Crippen molar-refractivity contribution in [3.05, 3.63) is 0 Å². The molecular formula is C14H27N3O. The molecular weight excluding hydrogens is 226 g/mol. The maximum Gasteiger partial charge on any atom is 0.223 e. The lowest BCUT2D eigenvalue weighted by molar-refractivity contribution is -0.131. The Bertz CT molecular complexity index is 268. The Morgan fingerprint density at radius 1 is 1.33 bits per heavy atom. The van der Waals surface area contributed by atoms with Gasteiger partial charge < -0.3 is 15.1 Å². The van der Waals surface area contributed by atoms with E-state index in [4.69, 9.17) is 0 Å². The van der Waals surface area contributed by atoms with E-state index in [1.54, 1.807) is 0 Å². The summed E-state index contributed by atoms with van der Waals surface area (Å²) in [7, 11) is 4.15. The molecule has 0 aromatic carbocycles. The van der Waals surface area contributed by atoms with E-state index < -0.39 is 0 Å². The van der Waals surface area contributed by atoms with Gasteiger partial charge in [0.15, 0.2) is 0 Å². The van der Waals surface area contributed by atoms with Gasteiger partial charge in [-0.2, -0.15) is 0 Å². The van der Waals surface area contributed by atoms with Gasteiger partial charge in [-0.05, 0) is 58.3 Å². The topological polar surface area (TPSA) is 35.6 Å². The van der Waals surface area contributed by atoms with Crippen LogP contribution in [0.25, 0.3) is 0 Å². The van der Waals surface area contributed by atoms with Gasteiger partial charge in [0.05, 0.1) is 0 Å². The number of likely N-dealkylation sites (tertiary alicyclic amines) is 1. The van der Waals surface area contributed by atoms with Crippen molar-refractivity contribution in [2.75, 3.05) is 40.3 Å². The predicted molar refractivity (Wildman–Crippen MR) is 73.5 cm³/mol. The van der Waals surface area contributed by atoms with Crippen LogP contribution < -0.4 is 5.32 Å². The minimum atomic E-state index is 0.313. The molecule has 4 nitrogen and oxygen atoms in total. The molecule has 1 N–H and O–H groups in total. The molecule has 0 bridgehead atoms. The highest BCUT2D eigenvalue weighted by Gasteiger charge is 2.23. The van der Waals surface area contributed by atoms with E-state index in [2.05, 4.69) is 17.3 Å². The molecule has 18 heavy (non-hydrogen) atoms. The highest BCUT2D eigenvalue weighted by atomic mass is 16.2. The van der Waals surface area contributed by atoms with Gasteiger partial charge in [0.25, 0.3) is 0 Å². The standard InChI is InChI=1S/C14H27N3O/c1-16-8-5-12(6-9-16)11-17(2)14(18)10-13-4-3-7-15-13/h12-13,15H,3-11H2,1-2H3. The van der Waals surface area contributed by atoms with Crippen LogP contribution in [0.4, 0.5) is 0 Å². The van der Waals surface area contributed by atoms with Crippen LogP contribution in [0.2, 0.25) is 0 Å². The van der Waals surface area contributed by atoms with E-state index in [0.717, 1.165) is 19.5 Å². The first-order valence-corrected chi connectivity index (χ1v) is 7.31. The third-order valence-electron chi connectivity index (χ3n) is 4.38. The van der Waals surface area contributed by atoms with Crippen molar-refractivity contribution < 1.29 is 4.79 Å². The van der Waals surface area contributed by atoms with Crippen molar-refractivity contribution in [3.63, 3.8) is 0 Å². The second-order valence-electron chi connectivity index (χ2n) is 6.02. The zero-order valence-electron chi connectivity index (χ0n) is 11.8. The van der Waals surface area contributed by atoms with Crippen LogP contribution in [-0.2, 0) is 4.79 Å². The van der Waals surface area contributed by atoms with Crippen LogP contribution in [0.3, 0.4) is 0 Å². The number of nitrogens with one attached hydrogen (secondary N) is 1. The molecule has 0 aromatic heterocycles. The Kier molecular flexibility index (Phi) is 5.01. The summed E-state index contributed by atoms with van der Waals surface area (Å²) in [6.07, 6.45) is 5.53. The molecule has 1 amide bonds. The molecule has 4 heteroatoms. The van der Waals surface area contributed by atoms with Gasteiger partial charge in [-0.15, -0.1) is 0 Å². The van der Waals surface area contributed by atoms with Gasteiger partial charge in [0.2, 0.25) is 5.91 Å². The predicted octanol–water partition coefficient (Wildman–Crippen LogP) is 0.929. The Morgan fingerprint density at radius 2 is 2.06 bits per heavy atom. The SMILES string of the molecule is CN1CCC(CN(C)C(=O)CC2CCCN2)CC1. The fourth-order valence-electron chi connectivity index (χ4n) is 3.03. The first-order valence-electron chi connectivity index (χ1n) is 7.31. The average Bonchev–Trinajstić information content (AvgIpc) is 2.85. The first kappa shape index (κ1) is 13.8. The van der Waals surface area contributed by atoms with Gasteiger partial charge in [-0.3, -0.25) is 4.79 Å². The first-order chi connectivity index (χ1) is 8.65. The van der Waals surface area contributed by atoms with Crippen molar-refractivity contribution in [2.24, 2.45) is 5.92 Å². The zero-order chi connectivity index (χ0) is 13.0. The molecule has 0 aliphatic carbocycles. The fraction of sp³-hybridized carbons (Fsp3) is 0.929. The minimum Gasteiger partial charge on any atom is -0.345 e. The van der Waals surface area contributed by atoms with E-state index in [1.807, 2.05) is 11.9 Å². The maximum absolute atomic E-state index is 12.1. The summed E-state index contributed by atoms with van der Waals surface area (Å²) in [6.45, 7) is 4.38. The van der Waals surface area contributed by atoms with Crippen LogP contribution in [-0.4, -0.2) is 62.0 Å². The second kappa shape index (κ2) is 6.53. The third kappa shape index (κ3) is 3.95. The van der Waals surface area contributed by atoms with Crippen molar-refractivity contribution in [2.45, 2.75) is 38.1 Å². The van der Waals surface area contributed by atoms with Crippen LogP contribution >= 0.6 is 0 Å². The Hall–Kier alpha value is -0.610. The lowest BCUT2D eigenvalue weighted by Crippen LogP contribution is -2.39. The third-order valence-corrected chi connectivity index (χ3v) is 4.38. The number of carbonyl (C=O) groups is 1. The maximum atomic E-state index is 12.1. The number of rotatable bonds is 4. The molecule has 0 aromatic rings. The summed E-state index contributed by atoms with van der Waals surface area (Å²) < 4.78 is 0. The number of piperidine rings is 1. The molecule has 2 heterocycles. The van der Waals surface area contributed by atoms with Crippen molar-refractivity contribution >= 4 is 5.91 Å². The largest absolute Gasteiger partial charge is 0.345 e. The molecule has 0 spiro atoms. The fourth-order valence-corrected chi connectivity index (χ4v) is 3.03. The molecule has 0 radical (unpaired) electrons. The molecule has 104 valence electrons. The number of hydrogen-bond acceptors (Lipinski definition) is 3. The van der Waals surface area contributed by atoms with Gasteiger partial charge >= 0.3 is 0 Å². The van der Waals surface area contributed by atoms with Crippen molar-refractivity contribution in [1.82, 2.24) is 15.1 Å². The second-order valence-corrected chi connectivity index (χ2v) is 6.02. The number of nitrogens with zero attached hydrogens (tertiary/aromatic N) is 2. The quantitative estimate of drug-likeness (QED) is 0.809. The van der Waals surface area contributed by atoms with Crippen molar-refractivity contribution in [3.8, 4) is 0 Å². The number of hydrogen-bond donors (Lipinski definition) is 1. The Balaban J connectivity index is 1.69. The molecule has 0 saturated carbocycles. The van der Waals surface area contributed by atoms with Crippen LogP contribution in [0.15, 0.2) is 0 Å². The Morgan fingerprint density at radius 3 is 2.67 bits per heavy atom. The molecule has 1 unspecified atom stereocenters. The highest BCUT2D eigenvalue weighted by molar-refractivity contribution is 5.76. The minimum absolute atomic E-state index is 0.313. The smallest absolute Gasteiger partial charge is 0.223 e. The van der Waals surface area contributed by atoms with Crippen LogP contribution in [0.5, 0.6) is 0 Å². The summed E-state index contributed by atoms with van der Waals surface area (Å²) in [4.78, 5) is 16.4. The van der Waals surface area contributed by atoms with Gasteiger partial charge in [-0.1, -0.05) is 0 Å². The van der Waals surface area contributed by atoms with E-state index in [0.29, 0.717) is 24.3 Å². The van der Waals surface area contributed by atoms with Gasteiger partial charge in [0.1, 0.15) is 0 Å². The van der Waals surface area contributed by atoms with Crippen LogP contribution in [0, 0.1) is 5.92 Å². The molecule has 2 saturated heterocycles. The normalized spacial score (nSPS) is 26.4. The highest BCUT2D eigenvalue weighted by Crippen LogP contribution is 2.18. The monoisotopic (exact) mass is 253 g/mol. The van der Waals surface area contributed by atoms with E-state index in [-0.39, 0.29) is 0 Å². The molecule has 2 aliphatic heterocycles. The van der Waals surface area contributed by atoms with Gasteiger partial charge in [-0.25, -0.2) is 0 Å². The van der Waals surface area contributed by atoms with Crippen LogP contribution in [0.1, 0.15) is 32.1 Å². The number of amides is 1. The van der Waals surface area contributed by atoms with Gasteiger partial charge in [0, 0.05) is 26.1 Å². The zero-order valence-corrected chi connectivity index (χ0v) is 11.8. The summed E-state index contributed by atoms with van der Waals surface area (Å²) in [5, 5.41) is 3.40. The lowest BCUT2D eigenvalue weighted by atomic mass is 9.96. The molecule has 2 aliphatic rings. The summed E-state index contributed by atoms with van der Waals surface area (Å²) in [5.41, 5.74) is 0. The molecule has 1 atom stereocenters. The summed E-state index contributed by atoms with van der Waals surface area (Å²) >= 11 is 0. The Labute approximate surface area is 111 Å². The summed E-state index contributed by atoms with van der Waals surface area (Å²) in [6, 6.07) is 0.428. The van der Waals surface area contributed by atoms with Crippen molar-refractivity contribution in [1.29, 1.82) is 0 Å².